The van der Waals surface area contributed by atoms with Crippen LogP contribution in [0.3, 0.4) is 0 Å². The molecule has 0 saturated carbocycles. The Balaban J connectivity index is 1.70. The molecule has 0 fully saturated rings. The van der Waals surface area contributed by atoms with Gasteiger partial charge in [0.2, 0.25) is 5.91 Å². The van der Waals surface area contributed by atoms with Crippen LogP contribution in [0.5, 0.6) is 0 Å². The van der Waals surface area contributed by atoms with E-state index < -0.39 is 29.6 Å². The van der Waals surface area contributed by atoms with Gasteiger partial charge >= 0.3 is 12.1 Å². The number of hydrogen-bond acceptors (Lipinski definition) is 4. The van der Waals surface area contributed by atoms with E-state index in [1.165, 1.54) is 13.8 Å². The summed E-state index contributed by atoms with van der Waals surface area (Å²) in [6.07, 6.45) is -0.0876. The predicted molar refractivity (Wildman–Crippen MR) is 121 cm³/mol. The van der Waals surface area contributed by atoms with E-state index in [-0.39, 0.29) is 18.4 Å². The number of carboxylic acids is 1. The fourth-order valence-corrected chi connectivity index (χ4v) is 3.91. The molecule has 0 heterocycles. The summed E-state index contributed by atoms with van der Waals surface area (Å²) in [5, 5.41) is 14.4. The SMILES string of the molecule is CC[C@H](C)[C@@H](NC(=O)OCC1c2ccccc2-c2ccccc21)C(=O)NC(C)(C)C(=O)O. The quantitative estimate of drug-likeness (QED) is 0.579. The van der Waals surface area contributed by atoms with Crippen molar-refractivity contribution >= 4 is 18.0 Å². The molecule has 2 amide bonds. The summed E-state index contributed by atoms with van der Waals surface area (Å²) in [6, 6.07) is 15.2. The molecule has 32 heavy (non-hydrogen) atoms. The zero-order valence-corrected chi connectivity index (χ0v) is 18.8. The van der Waals surface area contributed by atoms with Crippen molar-refractivity contribution in [2.45, 2.75) is 51.6 Å². The second kappa shape index (κ2) is 9.42. The van der Waals surface area contributed by atoms with Crippen molar-refractivity contribution in [1.82, 2.24) is 10.6 Å². The molecule has 1 aliphatic rings. The summed E-state index contributed by atoms with van der Waals surface area (Å²) in [7, 11) is 0. The second-order valence-corrected chi connectivity index (χ2v) is 8.75. The van der Waals surface area contributed by atoms with Gasteiger partial charge in [0.05, 0.1) is 0 Å². The highest BCUT2D eigenvalue weighted by Gasteiger charge is 2.35. The standard InChI is InChI=1S/C25H30N2O5/c1-5-15(2)21(22(28)27-25(3,4)23(29)30)26-24(31)32-14-20-18-12-8-6-10-16(18)17-11-7-9-13-19(17)20/h6-13,15,20-21H,5,14H2,1-4H3,(H,26,31)(H,27,28)(H,29,30)/t15-,21+/m0/s1. The molecular weight excluding hydrogens is 408 g/mol. The molecule has 170 valence electrons. The third kappa shape index (κ3) is 4.77. The van der Waals surface area contributed by atoms with Gasteiger partial charge in [0.25, 0.3) is 0 Å². The van der Waals surface area contributed by atoms with Crippen molar-refractivity contribution < 1.29 is 24.2 Å². The molecule has 0 radical (unpaired) electrons. The van der Waals surface area contributed by atoms with Crippen molar-refractivity contribution in [3.63, 3.8) is 0 Å². The Morgan fingerprint density at radius 1 is 1.03 bits per heavy atom. The Kier molecular flexibility index (Phi) is 6.87. The highest BCUT2D eigenvalue weighted by molar-refractivity contribution is 5.91. The first-order valence-electron chi connectivity index (χ1n) is 10.8. The number of alkyl carbamates (subject to hydrolysis) is 1. The number of amides is 2. The van der Waals surface area contributed by atoms with Gasteiger partial charge in [0.15, 0.2) is 0 Å². The third-order valence-electron chi connectivity index (χ3n) is 6.08. The number of rotatable bonds is 8. The number of fused-ring (bicyclic) bond motifs is 3. The Morgan fingerprint density at radius 2 is 1.56 bits per heavy atom. The molecule has 2 aromatic carbocycles. The highest BCUT2D eigenvalue weighted by atomic mass is 16.5. The Morgan fingerprint density at radius 3 is 2.06 bits per heavy atom. The molecule has 7 nitrogen and oxygen atoms in total. The van der Waals surface area contributed by atoms with Gasteiger partial charge < -0.3 is 20.5 Å². The van der Waals surface area contributed by atoms with Gasteiger partial charge in [-0.05, 0) is 42.0 Å². The number of carbonyl (C=O) groups excluding carboxylic acids is 2. The van der Waals surface area contributed by atoms with Gasteiger partial charge in [0.1, 0.15) is 18.2 Å². The van der Waals surface area contributed by atoms with Crippen LogP contribution in [0.1, 0.15) is 51.2 Å². The van der Waals surface area contributed by atoms with E-state index in [1.54, 1.807) is 0 Å². The van der Waals surface area contributed by atoms with E-state index in [1.807, 2.05) is 50.2 Å². The lowest BCUT2D eigenvalue weighted by atomic mass is 9.96. The molecule has 0 saturated heterocycles. The van der Waals surface area contributed by atoms with Crippen LogP contribution in [0.2, 0.25) is 0 Å². The van der Waals surface area contributed by atoms with Crippen LogP contribution in [-0.2, 0) is 14.3 Å². The Labute approximate surface area is 188 Å². The summed E-state index contributed by atoms with van der Waals surface area (Å²) in [6.45, 7) is 6.65. The molecule has 2 atom stereocenters. The summed E-state index contributed by atoms with van der Waals surface area (Å²) in [5.41, 5.74) is 3.00. The number of benzene rings is 2. The monoisotopic (exact) mass is 438 g/mol. The molecule has 3 N–H and O–H groups in total. The van der Waals surface area contributed by atoms with Gasteiger partial charge in [-0.3, -0.25) is 4.79 Å². The zero-order chi connectivity index (χ0) is 23.5. The average molecular weight is 439 g/mol. The minimum atomic E-state index is -1.45. The van der Waals surface area contributed by atoms with Crippen LogP contribution in [0.25, 0.3) is 11.1 Å². The van der Waals surface area contributed by atoms with Gasteiger partial charge in [-0.2, -0.15) is 0 Å². The molecule has 7 heteroatoms. The summed E-state index contributed by atoms with van der Waals surface area (Å²) in [4.78, 5) is 36.7. The molecular formula is C25H30N2O5. The molecule has 1 aliphatic carbocycles. The zero-order valence-electron chi connectivity index (χ0n) is 18.8. The van der Waals surface area contributed by atoms with Crippen LogP contribution < -0.4 is 10.6 Å². The molecule has 0 unspecified atom stereocenters. The van der Waals surface area contributed by atoms with Crippen molar-refractivity contribution in [1.29, 1.82) is 0 Å². The minimum absolute atomic E-state index is 0.0880. The lowest BCUT2D eigenvalue weighted by molar-refractivity contribution is -0.146. The van der Waals surface area contributed by atoms with Crippen LogP contribution in [-0.4, -0.2) is 41.3 Å². The lowest BCUT2D eigenvalue weighted by Gasteiger charge is -2.28. The normalized spacial score (nSPS) is 14.6. The molecule has 3 rings (SSSR count). The van der Waals surface area contributed by atoms with Gasteiger partial charge in [0, 0.05) is 5.92 Å². The van der Waals surface area contributed by atoms with E-state index in [9.17, 15) is 19.5 Å². The predicted octanol–water partition coefficient (Wildman–Crippen LogP) is 3.92. The Bertz CT molecular complexity index is 971. The van der Waals surface area contributed by atoms with Crippen LogP contribution in [0.4, 0.5) is 4.79 Å². The molecule has 2 aromatic rings. The van der Waals surface area contributed by atoms with E-state index in [2.05, 4.69) is 22.8 Å². The Hall–Kier alpha value is -3.35. The third-order valence-corrected chi connectivity index (χ3v) is 6.08. The van der Waals surface area contributed by atoms with E-state index in [0.717, 1.165) is 22.3 Å². The summed E-state index contributed by atoms with van der Waals surface area (Å²) in [5.74, 6) is -2.01. The maximum absolute atomic E-state index is 12.7. The molecule has 0 aromatic heterocycles. The first-order chi connectivity index (χ1) is 15.2. The number of hydrogen-bond donors (Lipinski definition) is 3. The van der Waals surface area contributed by atoms with E-state index in [4.69, 9.17) is 4.74 Å². The maximum Gasteiger partial charge on any atom is 0.407 e. The summed E-state index contributed by atoms with van der Waals surface area (Å²) >= 11 is 0. The van der Waals surface area contributed by atoms with Crippen molar-refractivity contribution in [3.8, 4) is 11.1 Å². The largest absolute Gasteiger partial charge is 0.480 e. The van der Waals surface area contributed by atoms with E-state index >= 15 is 0 Å². The second-order valence-electron chi connectivity index (χ2n) is 8.75. The fourth-order valence-electron chi connectivity index (χ4n) is 3.91. The average Bonchev–Trinajstić information content (AvgIpc) is 3.09. The number of carbonyl (C=O) groups is 3. The van der Waals surface area contributed by atoms with Gasteiger partial charge in [-0.15, -0.1) is 0 Å². The lowest BCUT2D eigenvalue weighted by Crippen LogP contribution is -2.58. The van der Waals surface area contributed by atoms with Crippen LogP contribution in [0.15, 0.2) is 48.5 Å². The maximum atomic E-state index is 12.7. The van der Waals surface area contributed by atoms with Gasteiger partial charge in [-0.25, -0.2) is 9.59 Å². The smallest absolute Gasteiger partial charge is 0.407 e. The number of carboxylic acid groups (broad SMARTS) is 1. The number of nitrogens with one attached hydrogen (secondary N) is 2. The van der Waals surface area contributed by atoms with Crippen molar-refractivity contribution in [2.24, 2.45) is 5.92 Å². The van der Waals surface area contributed by atoms with Crippen molar-refractivity contribution in [3.05, 3.63) is 59.7 Å². The summed E-state index contributed by atoms with van der Waals surface area (Å²) < 4.78 is 5.55. The molecule has 0 aliphatic heterocycles. The number of ether oxygens (including phenoxy) is 1. The first-order valence-corrected chi connectivity index (χ1v) is 10.8. The minimum Gasteiger partial charge on any atom is -0.480 e. The topological polar surface area (TPSA) is 105 Å². The van der Waals surface area contributed by atoms with Crippen LogP contribution in [0, 0.1) is 5.92 Å². The first kappa shape index (κ1) is 23.3. The number of aliphatic carboxylic acids is 1. The van der Waals surface area contributed by atoms with Crippen molar-refractivity contribution in [2.75, 3.05) is 6.61 Å². The van der Waals surface area contributed by atoms with Gasteiger partial charge in [-0.1, -0.05) is 68.8 Å². The van der Waals surface area contributed by atoms with Crippen LogP contribution >= 0.6 is 0 Å². The van der Waals surface area contributed by atoms with E-state index in [0.29, 0.717) is 6.42 Å². The molecule has 0 spiro atoms. The fraction of sp³-hybridized carbons (Fsp3) is 0.400. The molecule has 0 bridgehead atoms. The highest BCUT2D eigenvalue weighted by Crippen LogP contribution is 2.44.